The summed E-state index contributed by atoms with van der Waals surface area (Å²) in [6, 6.07) is 4.53. The number of ether oxygens (including phenoxy) is 1. The normalized spacial score (nSPS) is 17.2. The highest BCUT2D eigenvalue weighted by molar-refractivity contribution is 9.11. The van der Waals surface area contributed by atoms with Gasteiger partial charge in [-0.1, -0.05) is 0 Å². The summed E-state index contributed by atoms with van der Waals surface area (Å²) >= 11 is 5.27. The van der Waals surface area contributed by atoms with E-state index < -0.39 is 0 Å². The number of nitrogens with one attached hydrogen (secondary N) is 2. The lowest BCUT2D eigenvalue weighted by molar-refractivity contribution is 0.177. The van der Waals surface area contributed by atoms with Crippen LogP contribution in [0.2, 0.25) is 0 Å². The molecule has 2 N–H and O–H groups in total. The van der Waals surface area contributed by atoms with E-state index in [1.54, 1.807) is 18.4 Å². The molecule has 3 heterocycles. The van der Waals surface area contributed by atoms with Crippen molar-refractivity contribution in [1.29, 1.82) is 0 Å². The third-order valence-corrected chi connectivity index (χ3v) is 5.80. The molecule has 1 unspecified atom stereocenters. The number of thiophene rings is 1. The highest BCUT2D eigenvalue weighted by atomic mass is 79.9. The summed E-state index contributed by atoms with van der Waals surface area (Å²) < 4.78 is 8.28. The number of aliphatic imine (C=N–C) groups is 1. The summed E-state index contributed by atoms with van der Waals surface area (Å²) in [4.78, 5) is 10.6. The molecule has 0 radical (unpaired) electrons. The lowest BCUT2D eigenvalue weighted by Gasteiger charge is -2.25. The van der Waals surface area contributed by atoms with Gasteiger partial charge in [-0.2, -0.15) is 5.10 Å². The molecule has 0 bridgehead atoms. The fourth-order valence-electron chi connectivity index (χ4n) is 2.95. The van der Waals surface area contributed by atoms with E-state index in [0.29, 0.717) is 12.6 Å². The van der Waals surface area contributed by atoms with Gasteiger partial charge < -0.3 is 15.4 Å². The molecule has 0 spiro atoms. The number of aryl methyl sites for hydroxylation is 1. The van der Waals surface area contributed by atoms with Crippen LogP contribution in [0.25, 0.3) is 0 Å². The van der Waals surface area contributed by atoms with Gasteiger partial charge in [-0.05, 0) is 41.4 Å². The summed E-state index contributed by atoms with van der Waals surface area (Å²) in [5, 5.41) is 11.4. The lowest BCUT2D eigenvalue weighted by Crippen LogP contribution is -2.47. The molecule has 3 rings (SSSR count). The van der Waals surface area contributed by atoms with E-state index in [4.69, 9.17) is 9.73 Å². The molecule has 0 saturated carbocycles. The van der Waals surface area contributed by atoms with E-state index in [0.717, 1.165) is 56.5 Å². The first-order valence-corrected chi connectivity index (χ1v) is 10.5. The number of nitrogens with zero attached hydrogens (tertiary/aromatic N) is 4. The Morgan fingerprint density at radius 3 is 3.12 bits per heavy atom. The molecule has 2 aromatic rings. The van der Waals surface area contributed by atoms with Gasteiger partial charge in [-0.15, -0.1) is 11.3 Å². The van der Waals surface area contributed by atoms with Crippen molar-refractivity contribution in [3.63, 3.8) is 0 Å². The molecule has 0 saturated heterocycles. The van der Waals surface area contributed by atoms with Gasteiger partial charge in [0.05, 0.1) is 10.3 Å². The van der Waals surface area contributed by atoms with Crippen LogP contribution in [0.4, 0.5) is 0 Å². The molecule has 7 nitrogen and oxygen atoms in total. The van der Waals surface area contributed by atoms with Gasteiger partial charge in [0.15, 0.2) is 11.8 Å². The van der Waals surface area contributed by atoms with E-state index in [1.165, 1.54) is 8.66 Å². The van der Waals surface area contributed by atoms with E-state index >= 15 is 0 Å². The lowest BCUT2D eigenvalue weighted by atomic mass is 10.1. The Kier molecular flexibility index (Phi) is 7.04. The number of fused-ring (bicyclic) bond motifs is 1. The molecule has 1 aliphatic heterocycles. The quantitative estimate of drug-likeness (QED) is 0.510. The van der Waals surface area contributed by atoms with Crippen LogP contribution < -0.4 is 10.6 Å². The Labute approximate surface area is 166 Å². The third-order valence-electron chi connectivity index (χ3n) is 4.12. The maximum Gasteiger partial charge on any atom is 0.191 e. The second-order valence-electron chi connectivity index (χ2n) is 6.16. The largest absolute Gasteiger partial charge is 0.377 e. The number of guanidine groups is 1. The van der Waals surface area contributed by atoms with Crippen molar-refractivity contribution in [2.45, 2.75) is 45.4 Å². The van der Waals surface area contributed by atoms with Crippen LogP contribution in [-0.2, 0) is 30.7 Å². The molecule has 0 aromatic carbocycles. The van der Waals surface area contributed by atoms with Crippen LogP contribution in [0, 0.1) is 0 Å². The first-order valence-electron chi connectivity index (χ1n) is 8.88. The van der Waals surface area contributed by atoms with Crippen LogP contribution in [0.3, 0.4) is 0 Å². The van der Waals surface area contributed by atoms with Gasteiger partial charge in [-0.3, -0.25) is 4.99 Å². The summed E-state index contributed by atoms with van der Waals surface area (Å²) in [6.07, 6.45) is 2.88. The van der Waals surface area contributed by atoms with Crippen molar-refractivity contribution < 1.29 is 4.74 Å². The second-order valence-corrected chi connectivity index (χ2v) is 8.70. The Bertz CT molecular complexity index is 743. The molecule has 0 aliphatic carbocycles. The van der Waals surface area contributed by atoms with Gasteiger partial charge >= 0.3 is 0 Å². The summed E-state index contributed by atoms with van der Waals surface area (Å²) in [7, 11) is 1.67. The molecule has 9 heteroatoms. The highest BCUT2D eigenvalue weighted by Crippen LogP contribution is 2.22. The maximum absolute atomic E-state index is 5.13. The van der Waals surface area contributed by atoms with E-state index in [-0.39, 0.29) is 0 Å². The van der Waals surface area contributed by atoms with Crippen molar-refractivity contribution in [2.75, 3.05) is 20.2 Å². The van der Waals surface area contributed by atoms with E-state index in [1.807, 2.05) is 4.68 Å². The predicted molar refractivity (Wildman–Crippen MR) is 108 cm³/mol. The minimum Gasteiger partial charge on any atom is -0.377 e. The Hall–Kier alpha value is -1.45. The number of halogens is 1. The predicted octanol–water partition coefficient (Wildman–Crippen LogP) is 2.36. The zero-order valence-corrected chi connectivity index (χ0v) is 17.6. The number of rotatable bonds is 7. The zero-order valence-electron chi connectivity index (χ0n) is 15.2. The molecule has 2 aromatic heterocycles. The van der Waals surface area contributed by atoms with Crippen molar-refractivity contribution in [3.05, 3.63) is 32.4 Å². The molecular weight excluding hydrogens is 416 g/mol. The van der Waals surface area contributed by atoms with Gasteiger partial charge in [0.2, 0.25) is 0 Å². The topological polar surface area (TPSA) is 76.4 Å². The summed E-state index contributed by atoms with van der Waals surface area (Å²) in [5.41, 5.74) is 0. The third kappa shape index (κ3) is 5.28. The number of hydrogen-bond acceptors (Lipinski definition) is 5. The monoisotopic (exact) mass is 440 g/mol. The van der Waals surface area contributed by atoms with Crippen molar-refractivity contribution in [2.24, 2.45) is 4.99 Å². The van der Waals surface area contributed by atoms with Gasteiger partial charge in [-0.25, -0.2) is 9.67 Å². The van der Waals surface area contributed by atoms with Crippen molar-refractivity contribution in [1.82, 2.24) is 25.4 Å². The molecule has 0 amide bonds. The van der Waals surface area contributed by atoms with Crippen molar-refractivity contribution >= 4 is 33.2 Å². The maximum atomic E-state index is 5.13. The SMILES string of the molecule is CCNC(=NCCc1ccc(Br)s1)NC1CCc2nc(COC)nn2C1. The molecule has 142 valence electrons. The smallest absolute Gasteiger partial charge is 0.191 e. The van der Waals surface area contributed by atoms with Gasteiger partial charge in [0.25, 0.3) is 0 Å². The Morgan fingerprint density at radius 2 is 2.38 bits per heavy atom. The van der Waals surface area contributed by atoms with E-state index in [2.05, 4.69) is 55.7 Å². The minimum atomic E-state index is 0.299. The standard InChI is InChI=1S/C17H25BrN6OS/c1-3-19-17(20-9-8-13-5-6-14(18)26-13)21-12-4-7-16-22-15(11-25-2)23-24(16)10-12/h5-6,12H,3-4,7-11H2,1-2H3,(H2,19,20,21). The highest BCUT2D eigenvalue weighted by Gasteiger charge is 2.22. The van der Waals surface area contributed by atoms with Crippen LogP contribution in [0.15, 0.2) is 20.9 Å². The minimum absolute atomic E-state index is 0.299. The average molecular weight is 441 g/mol. The average Bonchev–Trinajstić information content (AvgIpc) is 3.20. The molecular formula is C17H25BrN6OS. The Morgan fingerprint density at radius 1 is 1.50 bits per heavy atom. The van der Waals surface area contributed by atoms with Crippen molar-refractivity contribution in [3.8, 4) is 0 Å². The first-order chi connectivity index (χ1) is 12.7. The van der Waals surface area contributed by atoms with E-state index in [9.17, 15) is 0 Å². The second kappa shape index (κ2) is 9.48. The molecule has 0 fully saturated rings. The number of hydrogen-bond donors (Lipinski definition) is 2. The summed E-state index contributed by atoms with van der Waals surface area (Å²) in [6.45, 7) is 4.95. The van der Waals surface area contributed by atoms with Crippen LogP contribution in [0.1, 0.15) is 29.9 Å². The van der Waals surface area contributed by atoms with Crippen LogP contribution in [-0.4, -0.2) is 47.0 Å². The number of methoxy groups -OCH3 is 1. The first kappa shape index (κ1) is 19.3. The van der Waals surface area contributed by atoms with Gasteiger partial charge in [0, 0.05) is 44.0 Å². The summed E-state index contributed by atoms with van der Waals surface area (Å²) in [5.74, 6) is 2.67. The number of aromatic nitrogens is 3. The van der Waals surface area contributed by atoms with Gasteiger partial charge in [0.1, 0.15) is 12.4 Å². The molecule has 26 heavy (non-hydrogen) atoms. The Balaban J connectivity index is 1.56. The molecule has 1 atom stereocenters. The zero-order chi connectivity index (χ0) is 18.4. The fourth-order valence-corrected chi connectivity index (χ4v) is 4.42. The van der Waals surface area contributed by atoms with Crippen LogP contribution >= 0.6 is 27.3 Å². The van der Waals surface area contributed by atoms with Crippen LogP contribution in [0.5, 0.6) is 0 Å². The fraction of sp³-hybridized carbons (Fsp3) is 0.588. The molecule has 1 aliphatic rings.